The van der Waals surface area contributed by atoms with E-state index in [9.17, 15) is 9.18 Å². The van der Waals surface area contributed by atoms with E-state index in [1.165, 1.54) is 13.0 Å². The van der Waals surface area contributed by atoms with E-state index in [0.717, 1.165) is 16.9 Å². The first kappa shape index (κ1) is 20.2. The number of hydrogen-bond acceptors (Lipinski definition) is 4. The van der Waals surface area contributed by atoms with Crippen molar-refractivity contribution in [3.63, 3.8) is 0 Å². The highest BCUT2D eigenvalue weighted by molar-refractivity contribution is 5.88. The number of carbonyl (C=O) groups is 1. The van der Waals surface area contributed by atoms with Crippen molar-refractivity contribution in [3.05, 3.63) is 83.7 Å². The van der Waals surface area contributed by atoms with Gasteiger partial charge in [0.05, 0.1) is 7.11 Å². The molecule has 2 N–H and O–H groups in total. The molecule has 5 nitrogen and oxygen atoms in total. The van der Waals surface area contributed by atoms with Crippen molar-refractivity contribution in [3.8, 4) is 11.5 Å². The van der Waals surface area contributed by atoms with Gasteiger partial charge in [-0.25, -0.2) is 4.39 Å². The summed E-state index contributed by atoms with van der Waals surface area (Å²) in [6.07, 6.45) is 0. The number of hydrogen-bond donors (Lipinski definition) is 2. The number of amides is 1. The molecule has 0 aliphatic heterocycles. The Labute approximate surface area is 169 Å². The highest BCUT2D eigenvalue weighted by Gasteiger charge is 2.12. The molecule has 6 heteroatoms. The summed E-state index contributed by atoms with van der Waals surface area (Å²) in [6, 6.07) is 19.6. The number of anilines is 2. The first-order chi connectivity index (χ1) is 14.1. The Hall–Kier alpha value is -3.54. The summed E-state index contributed by atoms with van der Waals surface area (Å²) in [4.78, 5) is 11.1. The van der Waals surface area contributed by atoms with Crippen LogP contribution < -0.4 is 20.1 Å². The van der Waals surface area contributed by atoms with Crippen molar-refractivity contribution in [2.45, 2.75) is 20.1 Å². The average Bonchev–Trinajstić information content (AvgIpc) is 2.72. The van der Waals surface area contributed by atoms with E-state index in [2.05, 4.69) is 10.6 Å². The van der Waals surface area contributed by atoms with Crippen LogP contribution in [0.1, 0.15) is 18.1 Å². The summed E-state index contributed by atoms with van der Waals surface area (Å²) < 4.78 is 25.3. The third-order valence-electron chi connectivity index (χ3n) is 4.30. The van der Waals surface area contributed by atoms with Crippen molar-refractivity contribution < 1.29 is 18.7 Å². The zero-order chi connectivity index (χ0) is 20.6. The van der Waals surface area contributed by atoms with Crippen LogP contribution in [-0.2, 0) is 17.9 Å². The molecule has 1 amide bonds. The van der Waals surface area contributed by atoms with Gasteiger partial charge in [-0.3, -0.25) is 4.79 Å². The number of carbonyl (C=O) groups excluding carboxylic acids is 1. The molecule has 29 heavy (non-hydrogen) atoms. The molecule has 3 aromatic carbocycles. The minimum Gasteiger partial charge on any atom is -0.493 e. The van der Waals surface area contributed by atoms with Crippen molar-refractivity contribution in [1.82, 2.24) is 0 Å². The Bertz CT molecular complexity index is 974. The molecular weight excluding hydrogens is 371 g/mol. The topological polar surface area (TPSA) is 59.6 Å². The maximum atomic E-state index is 13.9. The van der Waals surface area contributed by atoms with Crippen LogP contribution in [0.15, 0.2) is 66.7 Å². The van der Waals surface area contributed by atoms with Crippen LogP contribution in [0.5, 0.6) is 11.5 Å². The van der Waals surface area contributed by atoms with Gasteiger partial charge >= 0.3 is 0 Å². The lowest BCUT2D eigenvalue weighted by Gasteiger charge is -2.16. The molecule has 0 aromatic heterocycles. The number of benzene rings is 3. The van der Waals surface area contributed by atoms with Crippen LogP contribution >= 0.6 is 0 Å². The molecule has 0 aliphatic rings. The fraction of sp³-hybridized carbons (Fsp3) is 0.174. The molecule has 0 fully saturated rings. The van der Waals surface area contributed by atoms with Gasteiger partial charge in [-0.1, -0.05) is 30.3 Å². The molecule has 0 aliphatic carbocycles. The third-order valence-corrected chi connectivity index (χ3v) is 4.30. The zero-order valence-corrected chi connectivity index (χ0v) is 16.4. The van der Waals surface area contributed by atoms with Crippen LogP contribution in [0.25, 0.3) is 0 Å². The van der Waals surface area contributed by atoms with E-state index in [1.807, 2.05) is 42.5 Å². The number of ether oxygens (including phenoxy) is 2. The lowest BCUT2D eigenvalue weighted by molar-refractivity contribution is -0.114. The molecule has 0 bridgehead atoms. The second kappa shape index (κ2) is 9.59. The van der Waals surface area contributed by atoms with Crippen LogP contribution in [0.4, 0.5) is 15.8 Å². The summed E-state index contributed by atoms with van der Waals surface area (Å²) >= 11 is 0. The van der Waals surface area contributed by atoms with E-state index in [1.54, 1.807) is 25.3 Å². The Morgan fingerprint density at radius 3 is 2.31 bits per heavy atom. The molecule has 0 saturated carbocycles. The van der Waals surface area contributed by atoms with Crippen molar-refractivity contribution in [1.29, 1.82) is 0 Å². The molecule has 3 rings (SSSR count). The van der Waals surface area contributed by atoms with Crippen LogP contribution in [-0.4, -0.2) is 13.0 Å². The van der Waals surface area contributed by atoms with E-state index >= 15 is 0 Å². The predicted molar refractivity (Wildman–Crippen MR) is 112 cm³/mol. The molecular formula is C23H23FN2O3. The molecule has 150 valence electrons. The number of nitrogens with one attached hydrogen (secondary N) is 2. The maximum Gasteiger partial charge on any atom is 0.221 e. The highest BCUT2D eigenvalue weighted by atomic mass is 19.1. The minimum absolute atomic E-state index is 0.103. The van der Waals surface area contributed by atoms with Gasteiger partial charge < -0.3 is 20.1 Å². The number of methoxy groups -OCH3 is 1. The standard InChI is InChI=1S/C23H23FN2O3/c1-16(27)26-20-12-10-19(11-13-20)25-14-17-7-5-9-22(28-2)23(17)29-15-18-6-3-4-8-21(18)24/h3-13,25H,14-15H2,1-2H3,(H,26,27). The lowest BCUT2D eigenvalue weighted by Crippen LogP contribution is -2.07. The number of rotatable bonds is 8. The largest absolute Gasteiger partial charge is 0.493 e. The molecule has 3 aromatic rings. The fourth-order valence-corrected chi connectivity index (χ4v) is 2.86. The zero-order valence-electron chi connectivity index (χ0n) is 16.4. The Balaban J connectivity index is 1.72. The van der Waals surface area contributed by atoms with Crippen molar-refractivity contribution >= 4 is 17.3 Å². The predicted octanol–water partition coefficient (Wildman–Crippen LogP) is 4.98. The normalized spacial score (nSPS) is 10.3. The van der Waals surface area contributed by atoms with Crippen LogP contribution in [0.3, 0.4) is 0 Å². The van der Waals surface area contributed by atoms with E-state index < -0.39 is 0 Å². The van der Waals surface area contributed by atoms with Gasteiger partial charge in [0.2, 0.25) is 5.91 Å². The molecule has 0 radical (unpaired) electrons. The van der Waals surface area contributed by atoms with E-state index in [-0.39, 0.29) is 18.3 Å². The van der Waals surface area contributed by atoms with Crippen molar-refractivity contribution in [2.75, 3.05) is 17.7 Å². The van der Waals surface area contributed by atoms with Gasteiger partial charge in [0.25, 0.3) is 0 Å². The van der Waals surface area contributed by atoms with Crippen LogP contribution in [0.2, 0.25) is 0 Å². The van der Waals surface area contributed by atoms with Gasteiger partial charge in [0.1, 0.15) is 12.4 Å². The molecule has 0 spiro atoms. The summed E-state index contributed by atoms with van der Waals surface area (Å²) in [5, 5.41) is 6.05. The average molecular weight is 394 g/mol. The Morgan fingerprint density at radius 1 is 0.931 bits per heavy atom. The maximum absolute atomic E-state index is 13.9. The van der Waals surface area contributed by atoms with Gasteiger partial charge in [-0.15, -0.1) is 0 Å². The third kappa shape index (κ3) is 5.48. The second-order valence-electron chi connectivity index (χ2n) is 6.44. The fourth-order valence-electron chi connectivity index (χ4n) is 2.86. The number of halogens is 1. The van der Waals surface area contributed by atoms with E-state index in [0.29, 0.717) is 23.6 Å². The van der Waals surface area contributed by atoms with Gasteiger partial charge in [-0.2, -0.15) is 0 Å². The van der Waals surface area contributed by atoms with Gasteiger partial charge in [-0.05, 0) is 36.4 Å². The highest BCUT2D eigenvalue weighted by Crippen LogP contribution is 2.32. The first-order valence-electron chi connectivity index (χ1n) is 9.20. The number of para-hydroxylation sites is 1. The first-order valence-corrected chi connectivity index (χ1v) is 9.20. The lowest BCUT2D eigenvalue weighted by atomic mass is 10.1. The minimum atomic E-state index is -0.304. The molecule has 0 heterocycles. The summed E-state index contributed by atoms with van der Waals surface area (Å²) in [5.41, 5.74) is 2.98. The van der Waals surface area contributed by atoms with Gasteiger partial charge in [0, 0.05) is 36.0 Å². The Morgan fingerprint density at radius 2 is 1.62 bits per heavy atom. The summed E-state index contributed by atoms with van der Waals surface area (Å²) in [7, 11) is 1.57. The van der Waals surface area contributed by atoms with Gasteiger partial charge in [0.15, 0.2) is 11.5 Å². The smallest absolute Gasteiger partial charge is 0.221 e. The van der Waals surface area contributed by atoms with E-state index in [4.69, 9.17) is 9.47 Å². The van der Waals surface area contributed by atoms with Crippen LogP contribution in [0, 0.1) is 5.82 Å². The Kier molecular flexibility index (Phi) is 6.68. The summed E-state index contributed by atoms with van der Waals surface area (Å²) in [5.74, 6) is 0.738. The molecule has 0 unspecified atom stereocenters. The van der Waals surface area contributed by atoms with Crippen molar-refractivity contribution in [2.24, 2.45) is 0 Å². The summed E-state index contributed by atoms with van der Waals surface area (Å²) in [6.45, 7) is 2.06. The second-order valence-corrected chi connectivity index (χ2v) is 6.44. The monoisotopic (exact) mass is 394 g/mol. The quantitative estimate of drug-likeness (QED) is 0.565. The molecule has 0 saturated heterocycles. The SMILES string of the molecule is COc1cccc(CNc2ccc(NC(C)=O)cc2)c1OCc1ccccc1F. The molecule has 0 atom stereocenters.